The highest BCUT2D eigenvalue weighted by Crippen LogP contribution is 2.35. The molecule has 8 heteroatoms. The molecule has 1 unspecified atom stereocenters. The van der Waals surface area contributed by atoms with Gasteiger partial charge >= 0.3 is 6.03 Å². The van der Waals surface area contributed by atoms with Gasteiger partial charge in [-0.1, -0.05) is 19.9 Å². The lowest BCUT2D eigenvalue weighted by Crippen LogP contribution is -2.36. The standard InChI is InChI=1S/C14H18N2.C12H14FN3O2.C3H4.C2H6/c1-10-3-6-14(13-5-4-12(10)13)16-8-7-11(2)15-9-16;13-9-2-4-10(5-3-9)15-12(17)16-11-8-18-7-1-6-14-11;1-3-2;1-2/h3,6,9,11H,4-5,7-8H2,1-2H3;2-5H,1,6-8H2,(H2,14,15,16,17);1H,2H3;1-2H3. The number of nitrogens with zero attached hydrogens (tertiary/aromatic N) is 3. The number of amidine groups is 1. The topological polar surface area (TPSA) is 78.3 Å². The fraction of sp³-hybridized carbons (Fsp3) is 0.452. The minimum Gasteiger partial charge on any atom is -0.373 e. The molecule has 39 heavy (non-hydrogen) atoms. The van der Waals surface area contributed by atoms with Gasteiger partial charge in [0.05, 0.1) is 12.4 Å². The van der Waals surface area contributed by atoms with Crippen molar-refractivity contribution < 1.29 is 13.9 Å². The van der Waals surface area contributed by atoms with Crippen molar-refractivity contribution in [2.24, 2.45) is 9.98 Å². The molecule has 2 aromatic rings. The summed E-state index contributed by atoms with van der Waals surface area (Å²) in [6, 6.07) is 10.1. The highest BCUT2D eigenvalue weighted by molar-refractivity contribution is 6.03. The van der Waals surface area contributed by atoms with Crippen molar-refractivity contribution in [2.75, 3.05) is 36.5 Å². The van der Waals surface area contributed by atoms with Crippen molar-refractivity contribution in [2.45, 2.75) is 66.3 Å². The Labute approximate surface area is 233 Å². The number of fused-ring (bicyclic) bond motifs is 1. The number of hydrogen-bond acceptors (Lipinski definition) is 5. The first-order valence-electron chi connectivity index (χ1n) is 13.6. The van der Waals surface area contributed by atoms with E-state index < -0.39 is 6.03 Å². The van der Waals surface area contributed by atoms with Crippen LogP contribution in [-0.2, 0) is 17.6 Å². The van der Waals surface area contributed by atoms with Crippen LogP contribution in [0.1, 0.15) is 57.2 Å². The third-order valence-electron chi connectivity index (χ3n) is 6.17. The Hall–Kier alpha value is -3.70. The molecule has 2 aromatic carbocycles. The van der Waals surface area contributed by atoms with Crippen LogP contribution < -0.4 is 15.5 Å². The molecule has 5 rings (SSSR count). The number of carbonyl (C=O) groups excluding carboxylic acids is 1. The zero-order chi connectivity index (χ0) is 28.6. The van der Waals surface area contributed by atoms with Crippen molar-refractivity contribution in [3.63, 3.8) is 0 Å². The first kappa shape index (κ1) is 31.5. The van der Waals surface area contributed by atoms with E-state index in [0.717, 1.165) is 13.0 Å². The van der Waals surface area contributed by atoms with Gasteiger partial charge in [0, 0.05) is 31.1 Å². The van der Waals surface area contributed by atoms with E-state index in [-0.39, 0.29) is 5.82 Å². The maximum Gasteiger partial charge on any atom is 0.324 e. The van der Waals surface area contributed by atoms with E-state index in [9.17, 15) is 9.18 Å². The minimum absolute atomic E-state index is 0.302. The molecule has 1 atom stereocenters. The zero-order valence-electron chi connectivity index (χ0n) is 23.9. The van der Waals surface area contributed by atoms with Crippen molar-refractivity contribution in [3.05, 3.63) is 58.9 Å². The van der Waals surface area contributed by atoms with Crippen molar-refractivity contribution >= 4 is 29.6 Å². The third-order valence-corrected chi connectivity index (χ3v) is 6.17. The van der Waals surface area contributed by atoms with Gasteiger partial charge in [-0.15, -0.1) is 12.3 Å². The SMILES string of the molecule is C#CC.CC.Cc1ccc(N2C=NC(C)CC2)c2c1CC2.O=C(NC1=NCCCOC1)Nc1ccc(F)cc1. The van der Waals surface area contributed by atoms with Gasteiger partial charge in [0.2, 0.25) is 0 Å². The summed E-state index contributed by atoms with van der Waals surface area (Å²) in [4.78, 5) is 22.6. The average molecular weight is 536 g/mol. The van der Waals surface area contributed by atoms with Crippen LogP contribution in [0.25, 0.3) is 0 Å². The smallest absolute Gasteiger partial charge is 0.324 e. The first-order valence-corrected chi connectivity index (χ1v) is 13.6. The van der Waals surface area contributed by atoms with Crippen LogP contribution in [0.3, 0.4) is 0 Å². The highest BCUT2D eigenvalue weighted by atomic mass is 19.1. The number of ether oxygens (including phenoxy) is 1. The van der Waals surface area contributed by atoms with Gasteiger partial charge < -0.3 is 15.0 Å². The second kappa shape index (κ2) is 17.0. The van der Waals surface area contributed by atoms with Crippen LogP contribution >= 0.6 is 0 Å². The summed E-state index contributed by atoms with van der Waals surface area (Å²) < 4.78 is 17.9. The van der Waals surface area contributed by atoms with Gasteiger partial charge in [-0.2, -0.15) is 0 Å². The van der Waals surface area contributed by atoms with Gasteiger partial charge in [-0.05, 0) is 93.5 Å². The number of nitrogens with one attached hydrogen (secondary N) is 2. The number of carbonyl (C=O) groups is 1. The summed E-state index contributed by atoms with van der Waals surface area (Å²) in [5.74, 6) is 2.41. The molecule has 0 aromatic heterocycles. The maximum atomic E-state index is 12.7. The molecule has 0 spiro atoms. The van der Waals surface area contributed by atoms with Gasteiger partial charge in [0.1, 0.15) is 18.3 Å². The number of anilines is 2. The van der Waals surface area contributed by atoms with E-state index in [2.05, 4.69) is 63.8 Å². The molecular weight excluding hydrogens is 493 g/mol. The Morgan fingerprint density at radius 1 is 1.13 bits per heavy atom. The number of aliphatic imine (C=N–C) groups is 2. The van der Waals surface area contributed by atoms with Crippen LogP contribution in [0, 0.1) is 25.1 Å². The lowest BCUT2D eigenvalue weighted by molar-refractivity contribution is 0.174. The number of halogens is 1. The molecular formula is C31H42FN5O2. The Bertz CT molecular complexity index is 1150. The summed E-state index contributed by atoms with van der Waals surface area (Å²) >= 11 is 0. The second-order valence-electron chi connectivity index (χ2n) is 9.06. The van der Waals surface area contributed by atoms with Crippen LogP contribution in [0.2, 0.25) is 0 Å². The average Bonchev–Trinajstić information content (AvgIpc) is 3.18. The molecule has 0 saturated heterocycles. The van der Waals surface area contributed by atoms with Gasteiger partial charge in [-0.3, -0.25) is 15.3 Å². The van der Waals surface area contributed by atoms with Crippen molar-refractivity contribution in [1.82, 2.24) is 5.32 Å². The predicted molar refractivity (Wildman–Crippen MR) is 161 cm³/mol. The molecule has 3 aliphatic rings. The number of rotatable bonds is 2. The lowest BCUT2D eigenvalue weighted by atomic mass is 9.83. The number of amides is 2. The zero-order valence-corrected chi connectivity index (χ0v) is 23.9. The third kappa shape index (κ3) is 10.2. The molecule has 0 bridgehead atoms. The summed E-state index contributed by atoms with van der Waals surface area (Å²) in [5.41, 5.74) is 6.49. The van der Waals surface area contributed by atoms with Gasteiger partial charge in [0.15, 0.2) is 0 Å². The van der Waals surface area contributed by atoms with E-state index in [0.29, 0.717) is 37.3 Å². The number of benzene rings is 2. The van der Waals surface area contributed by atoms with Crippen molar-refractivity contribution in [1.29, 1.82) is 0 Å². The predicted octanol–water partition coefficient (Wildman–Crippen LogP) is 6.15. The first-order chi connectivity index (χ1) is 18.9. The van der Waals surface area contributed by atoms with E-state index >= 15 is 0 Å². The van der Waals surface area contributed by atoms with Crippen molar-refractivity contribution in [3.8, 4) is 12.3 Å². The number of urea groups is 1. The monoisotopic (exact) mass is 535 g/mol. The lowest BCUT2D eigenvalue weighted by Gasteiger charge is -2.32. The second-order valence-corrected chi connectivity index (χ2v) is 9.06. The van der Waals surface area contributed by atoms with Gasteiger partial charge in [0.25, 0.3) is 0 Å². The summed E-state index contributed by atoms with van der Waals surface area (Å²) in [6.45, 7) is 12.8. The molecule has 2 N–H and O–H groups in total. The Balaban J connectivity index is 0.000000236. The molecule has 210 valence electrons. The quantitative estimate of drug-likeness (QED) is 0.453. The van der Waals surface area contributed by atoms with Crippen LogP contribution in [0.5, 0.6) is 0 Å². The van der Waals surface area contributed by atoms with Gasteiger partial charge in [-0.25, -0.2) is 9.18 Å². The van der Waals surface area contributed by atoms with Crippen LogP contribution in [0.4, 0.5) is 20.6 Å². The Morgan fingerprint density at radius 3 is 2.44 bits per heavy atom. The van der Waals surface area contributed by atoms with Crippen LogP contribution in [-0.4, -0.2) is 50.6 Å². The summed E-state index contributed by atoms with van der Waals surface area (Å²) in [5, 5.41) is 5.19. The Kier molecular flexibility index (Phi) is 13.7. The fourth-order valence-electron chi connectivity index (χ4n) is 4.10. The Morgan fingerprint density at radius 2 is 1.82 bits per heavy atom. The molecule has 7 nitrogen and oxygen atoms in total. The number of hydrogen-bond donors (Lipinski definition) is 2. The molecule has 1 aliphatic carbocycles. The minimum atomic E-state index is -0.411. The molecule has 0 radical (unpaired) electrons. The summed E-state index contributed by atoms with van der Waals surface area (Å²) in [6.07, 6.45) is 11.1. The van der Waals surface area contributed by atoms with E-state index in [4.69, 9.17) is 4.74 Å². The molecule has 2 aliphatic heterocycles. The molecule has 2 amide bonds. The van der Waals surface area contributed by atoms with E-state index in [1.54, 1.807) is 18.1 Å². The van der Waals surface area contributed by atoms with E-state index in [1.807, 2.05) is 20.2 Å². The van der Waals surface area contributed by atoms with E-state index in [1.165, 1.54) is 54.8 Å². The summed E-state index contributed by atoms with van der Waals surface area (Å²) in [7, 11) is 0. The number of terminal acetylenes is 1. The van der Waals surface area contributed by atoms with Crippen LogP contribution in [0.15, 0.2) is 46.4 Å². The highest BCUT2D eigenvalue weighted by Gasteiger charge is 2.23. The molecule has 2 heterocycles. The molecule has 0 fully saturated rings. The largest absolute Gasteiger partial charge is 0.373 e. The molecule has 0 saturated carbocycles. The number of aryl methyl sites for hydroxylation is 1. The maximum absolute atomic E-state index is 12.7. The fourth-order valence-corrected chi connectivity index (χ4v) is 4.10. The normalized spacial score (nSPS) is 16.9.